The van der Waals surface area contributed by atoms with Gasteiger partial charge in [0.05, 0.1) is 23.1 Å². The average Bonchev–Trinajstić information content (AvgIpc) is 3.01. The SMILES string of the molecule is Cc1cc(O)c(C2=Nc3ccccc3N[C@H](c3c4ccccc4cc4ccccc34)C2)c(=O)o1. The molecule has 1 atom stereocenters. The Morgan fingerprint density at radius 1 is 0.912 bits per heavy atom. The molecule has 1 aliphatic rings. The summed E-state index contributed by atoms with van der Waals surface area (Å²) in [5, 5.41) is 18.9. The molecule has 0 aliphatic carbocycles. The summed E-state index contributed by atoms with van der Waals surface area (Å²) in [5.41, 5.74) is 2.73. The highest BCUT2D eigenvalue weighted by Gasteiger charge is 2.27. The summed E-state index contributed by atoms with van der Waals surface area (Å²) >= 11 is 0. The molecule has 166 valence electrons. The number of nitrogens with one attached hydrogen (secondary N) is 1. The predicted molar refractivity (Wildman–Crippen MR) is 136 cm³/mol. The number of hydrogen-bond acceptors (Lipinski definition) is 5. The quantitative estimate of drug-likeness (QED) is 0.298. The molecule has 0 amide bonds. The number of fused-ring (bicyclic) bond motifs is 3. The van der Waals surface area contributed by atoms with Gasteiger partial charge in [0.25, 0.3) is 0 Å². The lowest BCUT2D eigenvalue weighted by Crippen LogP contribution is -2.20. The largest absolute Gasteiger partial charge is 0.507 e. The first-order valence-electron chi connectivity index (χ1n) is 11.3. The highest BCUT2D eigenvalue weighted by Crippen LogP contribution is 2.41. The second-order valence-corrected chi connectivity index (χ2v) is 8.61. The normalized spacial score (nSPS) is 15.4. The van der Waals surface area contributed by atoms with Crippen LogP contribution in [-0.4, -0.2) is 10.8 Å². The predicted octanol–water partition coefficient (Wildman–Crippen LogP) is 6.64. The van der Waals surface area contributed by atoms with Crippen molar-refractivity contribution in [3.63, 3.8) is 0 Å². The summed E-state index contributed by atoms with van der Waals surface area (Å²) in [5.74, 6) is 0.240. The van der Waals surface area contributed by atoms with Crippen LogP contribution in [0.5, 0.6) is 5.75 Å². The summed E-state index contributed by atoms with van der Waals surface area (Å²) in [7, 11) is 0. The summed E-state index contributed by atoms with van der Waals surface area (Å²) in [4.78, 5) is 17.7. The summed E-state index contributed by atoms with van der Waals surface area (Å²) < 4.78 is 5.34. The van der Waals surface area contributed by atoms with Crippen molar-refractivity contribution in [2.45, 2.75) is 19.4 Å². The van der Waals surface area contributed by atoms with E-state index in [0.29, 0.717) is 23.6 Å². The summed E-state index contributed by atoms with van der Waals surface area (Å²) in [6.07, 6.45) is 0.397. The van der Waals surface area contributed by atoms with E-state index in [0.717, 1.165) is 32.8 Å². The lowest BCUT2D eigenvalue weighted by Gasteiger charge is -2.23. The van der Waals surface area contributed by atoms with Gasteiger partial charge in [0.1, 0.15) is 17.1 Å². The molecular weight excluding hydrogens is 424 g/mol. The van der Waals surface area contributed by atoms with Crippen LogP contribution >= 0.6 is 0 Å². The van der Waals surface area contributed by atoms with Crippen LogP contribution in [0.3, 0.4) is 0 Å². The molecule has 0 unspecified atom stereocenters. The number of aliphatic imine (C=N–C) groups is 1. The zero-order valence-electron chi connectivity index (χ0n) is 18.6. The van der Waals surface area contributed by atoms with E-state index in [2.05, 4.69) is 35.6 Å². The maximum Gasteiger partial charge on any atom is 0.348 e. The number of nitrogens with zero attached hydrogens (tertiary/aromatic N) is 1. The Labute approximate surface area is 196 Å². The molecule has 1 aromatic heterocycles. The molecule has 0 spiro atoms. The fourth-order valence-electron chi connectivity index (χ4n) is 4.93. The van der Waals surface area contributed by atoms with E-state index in [1.807, 2.05) is 48.5 Å². The van der Waals surface area contributed by atoms with Crippen LogP contribution in [0.15, 0.2) is 99.1 Å². The molecule has 6 rings (SSSR count). The second kappa shape index (κ2) is 7.89. The number of aromatic hydroxyl groups is 1. The molecule has 0 saturated heterocycles. The van der Waals surface area contributed by atoms with Gasteiger partial charge in [0.15, 0.2) is 0 Å². The number of rotatable bonds is 2. The van der Waals surface area contributed by atoms with Crippen LogP contribution < -0.4 is 10.9 Å². The first-order valence-corrected chi connectivity index (χ1v) is 11.3. The van der Waals surface area contributed by atoms with Crippen molar-refractivity contribution in [2.24, 2.45) is 4.99 Å². The van der Waals surface area contributed by atoms with E-state index in [-0.39, 0.29) is 17.4 Å². The van der Waals surface area contributed by atoms with E-state index in [9.17, 15) is 9.90 Å². The van der Waals surface area contributed by atoms with Crippen molar-refractivity contribution in [3.05, 3.63) is 112 Å². The van der Waals surface area contributed by atoms with Gasteiger partial charge >= 0.3 is 5.63 Å². The van der Waals surface area contributed by atoms with Crippen LogP contribution in [0.25, 0.3) is 21.5 Å². The molecule has 1 aliphatic heterocycles. The topological polar surface area (TPSA) is 74.8 Å². The van der Waals surface area contributed by atoms with Crippen molar-refractivity contribution >= 4 is 38.6 Å². The van der Waals surface area contributed by atoms with E-state index in [4.69, 9.17) is 9.41 Å². The Morgan fingerprint density at radius 2 is 1.56 bits per heavy atom. The summed E-state index contributed by atoms with van der Waals surface area (Å²) in [6, 6.07) is 27.9. The zero-order valence-corrected chi connectivity index (χ0v) is 18.6. The first-order chi connectivity index (χ1) is 16.6. The monoisotopic (exact) mass is 446 g/mol. The molecule has 0 fully saturated rings. The molecule has 34 heavy (non-hydrogen) atoms. The molecule has 4 aromatic carbocycles. The maximum absolute atomic E-state index is 12.8. The van der Waals surface area contributed by atoms with Gasteiger partial charge in [-0.1, -0.05) is 60.7 Å². The van der Waals surface area contributed by atoms with Crippen LogP contribution in [0, 0.1) is 6.92 Å². The van der Waals surface area contributed by atoms with Crippen LogP contribution in [-0.2, 0) is 0 Å². The third-order valence-corrected chi connectivity index (χ3v) is 6.39. The minimum Gasteiger partial charge on any atom is -0.507 e. The van der Waals surface area contributed by atoms with Crippen molar-refractivity contribution < 1.29 is 9.52 Å². The lowest BCUT2D eigenvalue weighted by molar-refractivity contribution is 0.432. The molecule has 5 aromatic rings. The van der Waals surface area contributed by atoms with Crippen LogP contribution in [0.2, 0.25) is 0 Å². The minimum absolute atomic E-state index is 0.110. The van der Waals surface area contributed by atoms with Crippen molar-refractivity contribution in [3.8, 4) is 5.75 Å². The van der Waals surface area contributed by atoms with Gasteiger partial charge in [-0.05, 0) is 52.2 Å². The van der Waals surface area contributed by atoms with Gasteiger partial charge in [0, 0.05) is 12.5 Å². The van der Waals surface area contributed by atoms with Crippen molar-refractivity contribution in [1.29, 1.82) is 0 Å². The number of hydrogen-bond donors (Lipinski definition) is 2. The molecule has 5 nitrogen and oxygen atoms in total. The number of aryl methyl sites for hydroxylation is 1. The van der Waals surface area contributed by atoms with Gasteiger partial charge in [-0.15, -0.1) is 0 Å². The number of anilines is 1. The smallest absolute Gasteiger partial charge is 0.348 e. The Morgan fingerprint density at radius 3 is 2.26 bits per heavy atom. The highest BCUT2D eigenvalue weighted by molar-refractivity contribution is 6.08. The highest BCUT2D eigenvalue weighted by atomic mass is 16.4. The van der Waals surface area contributed by atoms with E-state index >= 15 is 0 Å². The maximum atomic E-state index is 12.8. The van der Waals surface area contributed by atoms with Gasteiger partial charge < -0.3 is 14.8 Å². The average molecular weight is 447 g/mol. The van der Waals surface area contributed by atoms with Crippen molar-refractivity contribution in [1.82, 2.24) is 0 Å². The minimum atomic E-state index is -0.586. The van der Waals surface area contributed by atoms with Crippen LogP contribution in [0.4, 0.5) is 11.4 Å². The lowest BCUT2D eigenvalue weighted by atomic mass is 9.89. The molecule has 2 N–H and O–H groups in total. The van der Waals surface area contributed by atoms with E-state index < -0.39 is 5.63 Å². The summed E-state index contributed by atoms with van der Waals surface area (Å²) in [6.45, 7) is 1.64. The molecule has 2 heterocycles. The van der Waals surface area contributed by atoms with Crippen LogP contribution in [0.1, 0.15) is 29.3 Å². The van der Waals surface area contributed by atoms with Gasteiger partial charge in [-0.2, -0.15) is 0 Å². The zero-order chi connectivity index (χ0) is 23.2. The van der Waals surface area contributed by atoms with Gasteiger partial charge in [-0.25, -0.2) is 4.79 Å². The van der Waals surface area contributed by atoms with Gasteiger partial charge in [0.2, 0.25) is 0 Å². The van der Waals surface area contributed by atoms with E-state index in [1.165, 1.54) is 6.07 Å². The number of benzene rings is 4. The van der Waals surface area contributed by atoms with Crippen molar-refractivity contribution in [2.75, 3.05) is 5.32 Å². The Hall–Kier alpha value is -4.38. The van der Waals surface area contributed by atoms with Gasteiger partial charge in [-0.3, -0.25) is 4.99 Å². The molecule has 0 saturated carbocycles. The molecule has 0 radical (unpaired) electrons. The Bertz CT molecular complexity index is 1610. The fraction of sp³-hybridized carbons (Fsp3) is 0.103. The molecule has 0 bridgehead atoms. The number of para-hydroxylation sites is 2. The molecule has 5 heteroatoms. The Kier molecular flexibility index (Phi) is 4.69. The molecular formula is C29H22N2O3. The first kappa shape index (κ1) is 20.2. The fourth-order valence-corrected chi connectivity index (χ4v) is 4.93. The Balaban J connectivity index is 1.63. The third-order valence-electron chi connectivity index (χ3n) is 6.39. The third kappa shape index (κ3) is 3.33. The standard InChI is InChI=1S/C29H22N2O3/c1-17-14-26(32)28(29(33)34-17)25-16-24(30-22-12-6-7-13-23(22)31-25)27-20-10-4-2-8-18(20)15-19-9-3-5-11-21(19)27/h2-15,24,30,32H,16H2,1H3/t24-/m0/s1. The second-order valence-electron chi connectivity index (χ2n) is 8.61. The van der Waals surface area contributed by atoms with E-state index in [1.54, 1.807) is 6.92 Å².